The lowest BCUT2D eigenvalue weighted by atomic mass is 9.89. The number of allylic oxidation sites excluding steroid dienone is 1. The van der Waals surface area contributed by atoms with Crippen LogP contribution in [0.1, 0.15) is 19.8 Å². The van der Waals surface area contributed by atoms with Crippen LogP contribution in [0.2, 0.25) is 0 Å². The summed E-state index contributed by atoms with van der Waals surface area (Å²) >= 11 is 0. The average Bonchev–Trinajstić information content (AvgIpc) is 2.81. The van der Waals surface area contributed by atoms with Gasteiger partial charge in [-0.05, 0) is 6.42 Å². The predicted octanol–water partition coefficient (Wildman–Crippen LogP) is 0.0338. The Morgan fingerprint density at radius 1 is 1.56 bits per heavy atom. The Balaban J connectivity index is 2.32. The summed E-state index contributed by atoms with van der Waals surface area (Å²) in [6, 6.07) is -0.624. The van der Waals surface area contributed by atoms with E-state index >= 15 is 0 Å². The van der Waals surface area contributed by atoms with Crippen LogP contribution >= 0.6 is 0 Å². The molecule has 2 heterocycles. The number of aliphatic imine (C=N–C) groups is 1. The maximum Gasteiger partial charge on any atom is 0.322 e. The number of rotatable bonds is 4. The monoisotopic (exact) mass is 251 g/mol. The Hall–Kier alpha value is -2.18. The molecule has 2 atom stereocenters. The van der Waals surface area contributed by atoms with Crippen molar-refractivity contribution < 1.29 is 19.5 Å². The number of nitrogens with one attached hydrogen (secondary N) is 2. The highest BCUT2D eigenvalue weighted by Crippen LogP contribution is 2.30. The number of carbonyl (C=O) groups excluding carboxylic acids is 2. The molecule has 3 N–H and O–H groups in total. The minimum Gasteiger partial charge on any atom is -0.481 e. The fourth-order valence-electron chi connectivity index (χ4n) is 2.06. The molecule has 0 aromatic heterocycles. The molecule has 0 saturated carbocycles. The van der Waals surface area contributed by atoms with E-state index in [1.54, 1.807) is 12.3 Å². The maximum absolute atomic E-state index is 11.9. The zero-order valence-electron chi connectivity index (χ0n) is 9.77. The quantitative estimate of drug-likeness (QED) is 0.613. The lowest BCUT2D eigenvalue weighted by molar-refractivity contribution is -0.137. The van der Waals surface area contributed by atoms with Gasteiger partial charge in [0.05, 0.1) is 5.70 Å². The summed E-state index contributed by atoms with van der Waals surface area (Å²) in [5.74, 6) is -1.52. The van der Waals surface area contributed by atoms with E-state index in [0.29, 0.717) is 5.70 Å². The molecule has 2 rings (SSSR count). The van der Waals surface area contributed by atoms with E-state index in [2.05, 4.69) is 15.6 Å². The minimum atomic E-state index is -1.35. The first-order valence-electron chi connectivity index (χ1n) is 5.56. The summed E-state index contributed by atoms with van der Waals surface area (Å²) in [5, 5.41) is 13.3. The fourth-order valence-corrected chi connectivity index (χ4v) is 2.06. The van der Waals surface area contributed by atoms with Gasteiger partial charge >= 0.3 is 12.0 Å². The highest BCUT2D eigenvalue weighted by atomic mass is 16.4. The zero-order chi connectivity index (χ0) is 13.3. The van der Waals surface area contributed by atoms with Gasteiger partial charge in [-0.3, -0.25) is 19.9 Å². The Labute approximate surface area is 103 Å². The predicted molar refractivity (Wildman–Crippen MR) is 62.0 cm³/mol. The van der Waals surface area contributed by atoms with Crippen molar-refractivity contribution >= 4 is 24.1 Å². The van der Waals surface area contributed by atoms with E-state index in [4.69, 9.17) is 5.11 Å². The van der Waals surface area contributed by atoms with Crippen molar-refractivity contribution in [2.24, 2.45) is 10.9 Å². The van der Waals surface area contributed by atoms with Crippen LogP contribution in [0.4, 0.5) is 4.79 Å². The first-order valence-corrected chi connectivity index (χ1v) is 5.56. The molecule has 1 fully saturated rings. The van der Waals surface area contributed by atoms with E-state index in [1.165, 1.54) is 0 Å². The molecule has 7 nitrogen and oxygen atoms in total. The summed E-state index contributed by atoms with van der Waals surface area (Å²) in [5.41, 5.74) is -0.948. The first-order chi connectivity index (χ1) is 8.44. The molecule has 0 aliphatic carbocycles. The average molecular weight is 251 g/mol. The third-order valence-corrected chi connectivity index (χ3v) is 2.96. The van der Waals surface area contributed by atoms with Crippen LogP contribution in [0.25, 0.3) is 0 Å². The Kier molecular flexibility index (Phi) is 2.90. The molecule has 0 spiro atoms. The molecule has 2 aliphatic heterocycles. The number of nitrogens with zero attached hydrogens (tertiary/aromatic N) is 1. The third-order valence-electron chi connectivity index (χ3n) is 2.96. The molecular formula is C11H13N3O4. The summed E-state index contributed by atoms with van der Waals surface area (Å²) in [7, 11) is 0. The van der Waals surface area contributed by atoms with E-state index < -0.39 is 23.4 Å². The topological polar surface area (TPSA) is 108 Å². The lowest BCUT2D eigenvalue weighted by Crippen LogP contribution is -2.48. The Bertz CT molecular complexity index is 483. The van der Waals surface area contributed by atoms with Crippen LogP contribution in [0.3, 0.4) is 0 Å². The van der Waals surface area contributed by atoms with Gasteiger partial charge in [0, 0.05) is 18.6 Å². The van der Waals surface area contributed by atoms with E-state index in [1.807, 2.05) is 6.92 Å². The van der Waals surface area contributed by atoms with Crippen LogP contribution in [0.15, 0.2) is 16.8 Å². The van der Waals surface area contributed by atoms with Crippen molar-refractivity contribution in [2.45, 2.75) is 25.3 Å². The number of carboxylic acids is 1. The number of imide groups is 1. The molecule has 0 bridgehead atoms. The minimum absolute atomic E-state index is 0.0181. The van der Waals surface area contributed by atoms with Crippen LogP contribution in [-0.4, -0.2) is 34.8 Å². The standard InChI is InChI=1S/C11H13N3O4/c1-6-4-7(12-5-6)11(3-2-8(15)16)9(17)13-10(18)14-11/h4-6H,2-3H2,1H3,(H,15,16)(H2,13,14,17,18). The zero-order valence-corrected chi connectivity index (χ0v) is 9.77. The largest absolute Gasteiger partial charge is 0.481 e. The van der Waals surface area contributed by atoms with Gasteiger partial charge in [-0.25, -0.2) is 4.79 Å². The van der Waals surface area contributed by atoms with Gasteiger partial charge in [-0.15, -0.1) is 0 Å². The van der Waals surface area contributed by atoms with Crippen molar-refractivity contribution in [3.05, 3.63) is 11.8 Å². The fraction of sp³-hybridized carbons (Fsp3) is 0.455. The number of carboxylic acid groups (broad SMARTS) is 1. The van der Waals surface area contributed by atoms with Crippen LogP contribution < -0.4 is 10.6 Å². The van der Waals surface area contributed by atoms with Gasteiger partial charge < -0.3 is 10.4 Å². The van der Waals surface area contributed by atoms with Crippen molar-refractivity contribution in [1.29, 1.82) is 0 Å². The van der Waals surface area contributed by atoms with Crippen molar-refractivity contribution in [1.82, 2.24) is 10.6 Å². The van der Waals surface area contributed by atoms with Crippen molar-refractivity contribution in [3.63, 3.8) is 0 Å². The molecule has 2 unspecified atom stereocenters. The van der Waals surface area contributed by atoms with Crippen molar-refractivity contribution in [2.75, 3.05) is 0 Å². The molecule has 0 aromatic carbocycles. The number of carbonyl (C=O) groups is 3. The third kappa shape index (κ3) is 1.99. The SMILES string of the molecule is CC1C=NC(C2(CCC(=O)O)NC(=O)NC2=O)=C1. The van der Waals surface area contributed by atoms with Gasteiger partial charge in [-0.1, -0.05) is 13.0 Å². The smallest absolute Gasteiger partial charge is 0.322 e. The van der Waals surface area contributed by atoms with Gasteiger partial charge in [0.1, 0.15) is 0 Å². The molecule has 7 heteroatoms. The van der Waals surface area contributed by atoms with Crippen molar-refractivity contribution in [3.8, 4) is 0 Å². The maximum atomic E-state index is 11.9. The molecule has 18 heavy (non-hydrogen) atoms. The second kappa shape index (κ2) is 4.25. The highest BCUT2D eigenvalue weighted by molar-refractivity contribution is 6.09. The van der Waals surface area contributed by atoms with Gasteiger partial charge in [0.25, 0.3) is 5.91 Å². The van der Waals surface area contributed by atoms with Crippen LogP contribution in [0, 0.1) is 5.92 Å². The summed E-state index contributed by atoms with van der Waals surface area (Å²) in [6.07, 6.45) is 3.15. The Morgan fingerprint density at radius 3 is 2.72 bits per heavy atom. The number of aliphatic carboxylic acids is 1. The van der Waals surface area contributed by atoms with E-state index in [-0.39, 0.29) is 18.8 Å². The molecule has 0 aromatic rings. The Morgan fingerprint density at radius 2 is 2.28 bits per heavy atom. The van der Waals surface area contributed by atoms with Gasteiger partial charge in [0.15, 0.2) is 5.54 Å². The lowest BCUT2D eigenvalue weighted by Gasteiger charge is -2.24. The molecule has 1 saturated heterocycles. The first kappa shape index (κ1) is 12.3. The molecule has 0 radical (unpaired) electrons. The number of urea groups is 1. The number of amides is 3. The van der Waals surface area contributed by atoms with Crippen LogP contribution in [-0.2, 0) is 9.59 Å². The van der Waals surface area contributed by atoms with Gasteiger partial charge in [0.2, 0.25) is 0 Å². The summed E-state index contributed by atoms with van der Waals surface area (Å²) in [6.45, 7) is 1.88. The normalized spacial score (nSPS) is 30.1. The molecule has 96 valence electrons. The number of hydrogen-bond donors (Lipinski definition) is 3. The second-order valence-electron chi connectivity index (χ2n) is 4.40. The molecule has 3 amide bonds. The van der Waals surface area contributed by atoms with Gasteiger partial charge in [-0.2, -0.15) is 0 Å². The summed E-state index contributed by atoms with van der Waals surface area (Å²) in [4.78, 5) is 38.0. The number of hydrogen-bond acceptors (Lipinski definition) is 4. The summed E-state index contributed by atoms with van der Waals surface area (Å²) < 4.78 is 0. The molecular weight excluding hydrogens is 238 g/mol. The molecule has 2 aliphatic rings. The second-order valence-corrected chi connectivity index (χ2v) is 4.40. The van der Waals surface area contributed by atoms with Crippen LogP contribution in [0.5, 0.6) is 0 Å². The highest BCUT2D eigenvalue weighted by Gasteiger charge is 2.50. The van der Waals surface area contributed by atoms with E-state index in [0.717, 1.165) is 0 Å². The van der Waals surface area contributed by atoms with E-state index in [9.17, 15) is 14.4 Å².